The van der Waals surface area contributed by atoms with Crippen molar-refractivity contribution in [1.29, 1.82) is 0 Å². The number of methoxy groups -OCH3 is 1. The summed E-state index contributed by atoms with van der Waals surface area (Å²) in [4.78, 5) is 3.63. The second-order valence-corrected chi connectivity index (χ2v) is 6.06. The third-order valence-electron chi connectivity index (χ3n) is 2.24. The Hall–Kier alpha value is -0.730. The summed E-state index contributed by atoms with van der Waals surface area (Å²) in [7, 11) is -0.975. The van der Waals surface area contributed by atoms with E-state index in [-0.39, 0.29) is 23.2 Å². The van der Waals surface area contributed by atoms with Crippen molar-refractivity contribution in [2.24, 2.45) is 0 Å². The number of aliphatic hydroxyl groups is 1. The Labute approximate surface area is 111 Å². The fourth-order valence-corrected chi connectivity index (χ4v) is 3.00. The van der Waals surface area contributed by atoms with Crippen molar-refractivity contribution in [1.82, 2.24) is 9.29 Å². The van der Waals surface area contributed by atoms with E-state index in [1.165, 1.54) is 32.5 Å². The molecule has 1 atom stereocenters. The molecule has 102 valence electrons. The molecule has 0 bridgehead atoms. The van der Waals surface area contributed by atoms with E-state index < -0.39 is 16.1 Å². The molecule has 1 N–H and O–H groups in total. The van der Waals surface area contributed by atoms with E-state index >= 15 is 0 Å². The number of pyridine rings is 1. The van der Waals surface area contributed by atoms with Gasteiger partial charge in [-0.3, -0.25) is 0 Å². The van der Waals surface area contributed by atoms with E-state index in [0.29, 0.717) is 0 Å². The number of hydrogen-bond donors (Lipinski definition) is 1. The lowest BCUT2D eigenvalue weighted by Gasteiger charge is -2.20. The minimum absolute atomic E-state index is 0.0562. The van der Waals surface area contributed by atoms with E-state index in [1.54, 1.807) is 0 Å². The number of sulfonamides is 1. The fraction of sp³-hybridized carbons (Fsp3) is 0.500. The number of ether oxygens (including phenoxy) is 1. The maximum atomic E-state index is 12.1. The Morgan fingerprint density at radius 1 is 1.61 bits per heavy atom. The van der Waals surface area contributed by atoms with E-state index in [0.717, 1.165) is 4.31 Å². The van der Waals surface area contributed by atoms with E-state index in [9.17, 15) is 13.5 Å². The minimum Gasteiger partial charge on any atom is -0.389 e. The van der Waals surface area contributed by atoms with Gasteiger partial charge in [0.05, 0.1) is 12.7 Å². The Morgan fingerprint density at radius 2 is 2.28 bits per heavy atom. The summed E-state index contributed by atoms with van der Waals surface area (Å²) in [5.74, 6) is 0. The van der Waals surface area contributed by atoms with Crippen molar-refractivity contribution in [3.05, 3.63) is 23.5 Å². The van der Waals surface area contributed by atoms with Gasteiger partial charge >= 0.3 is 0 Å². The molecule has 0 saturated carbocycles. The normalized spacial score (nSPS) is 13.8. The van der Waals surface area contributed by atoms with Gasteiger partial charge in [0.25, 0.3) is 0 Å². The van der Waals surface area contributed by atoms with Gasteiger partial charge < -0.3 is 9.84 Å². The van der Waals surface area contributed by atoms with Gasteiger partial charge in [0.15, 0.2) is 0 Å². The molecule has 1 rings (SSSR count). The Balaban J connectivity index is 2.90. The molecule has 0 aromatic carbocycles. The lowest BCUT2D eigenvalue weighted by molar-refractivity contribution is 0.0554. The predicted molar refractivity (Wildman–Crippen MR) is 66.9 cm³/mol. The van der Waals surface area contributed by atoms with Crippen molar-refractivity contribution >= 4 is 21.6 Å². The first-order valence-corrected chi connectivity index (χ1v) is 6.95. The SMILES string of the molecule is COCC(O)CN(C)S(=O)(=O)c1cccnc1Cl. The zero-order valence-electron chi connectivity index (χ0n) is 10.1. The second-order valence-electron chi connectivity index (χ2n) is 3.69. The molecule has 0 radical (unpaired) electrons. The summed E-state index contributed by atoms with van der Waals surface area (Å²) in [6.45, 7) is -0.0258. The molecular weight excluding hydrogens is 280 g/mol. The first-order chi connectivity index (χ1) is 8.39. The Morgan fingerprint density at radius 3 is 2.83 bits per heavy atom. The third kappa shape index (κ3) is 3.63. The van der Waals surface area contributed by atoms with Gasteiger partial charge in [0.2, 0.25) is 10.0 Å². The van der Waals surface area contributed by atoms with Crippen LogP contribution in [0.5, 0.6) is 0 Å². The van der Waals surface area contributed by atoms with Crippen molar-refractivity contribution in [2.75, 3.05) is 27.3 Å². The van der Waals surface area contributed by atoms with Gasteiger partial charge in [-0.15, -0.1) is 0 Å². The standard InChI is InChI=1S/C10H15ClN2O4S/c1-13(6-8(14)7-17-2)18(15,16)9-4-3-5-12-10(9)11/h3-5,8,14H,6-7H2,1-2H3. The molecule has 0 amide bonds. The van der Waals surface area contributed by atoms with Crippen molar-refractivity contribution in [3.8, 4) is 0 Å². The molecule has 1 unspecified atom stereocenters. The quantitative estimate of drug-likeness (QED) is 0.767. The fourth-order valence-electron chi connectivity index (χ4n) is 1.37. The van der Waals surface area contributed by atoms with Gasteiger partial charge in [-0.2, -0.15) is 4.31 Å². The molecule has 0 saturated heterocycles. The van der Waals surface area contributed by atoms with Gasteiger partial charge in [-0.1, -0.05) is 11.6 Å². The Bertz CT molecular complexity index is 494. The zero-order chi connectivity index (χ0) is 13.8. The smallest absolute Gasteiger partial charge is 0.245 e. The predicted octanol–water partition coefficient (Wildman–Crippen LogP) is 0.363. The molecule has 18 heavy (non-hydrogen) atoms. The second kappa shape index (κ2) is 6.44. The van der Waals surface area contributed by atoms with Gasteiger partial charge in [-0.05, 0) is 12.1 Å². The number of nitrogens with zero attached hydrogens (tertiary/aromatic N) is 2. The number of aliphatic hydroxyl groups excluding tert-OH is 1. The van der Waals surface area contributed by atoms with Crippen LogP contribution < -0.4 is 0 Å². The van der Waals surface area contributed by atoms with Crippen LogP contribution in [0.3, 0.4) is 0 Å². The number of halogens is 1. The summed E-state index contributed by atoms with van der Waals surface area (Å²) in [5, 5.41) is 9.43. The van der Waals surface area contributed by atoms with Crippen LogP contribution in [-0.2, 0) is 14.8 Å². The summed E-state index contributed by atoms with van der Waals surface area (Å²) >= 11 is 5.75. The first-order valence-electron chi connectivity index (χ1n) is 5.13. The van der Waals surface area contributed by atoms with Crippen LogP contribution in [0.2, 0.25) is 5.15 Å². The average molecular weight is 295 g/mol. The van der Waals surface area contributed by atoms with Crippen LogP contribution in [0, 0.1) is 0 Å². The van der Waals surface area contributed by atoms with Crippen LogP contribution in [0.25, 0.3) is 0 Å². The number of aromatic nitrogens is 1. The van der Waals surface area contributed by atoms with E-state index in [1.807, 2.05) is 0 Å². The van der Waals surface area contributed by atoms with Crippen LogP contribution >= 0.6 is 11.6 Å². The van der Waals surface area contributed by atoms with Crippen molar-refractivity contribution < 1.29 is 18.3 Å². The highest BCUT2D eigenvalue weighted by atomic mass is 35.5. The molecule has 1 aromatic rings. The molecule has 0 aliphatic carbocycles. The lowest BCUT2D eigenvalue weighted by Crippen LogP contribution is -2.36. The molecule has 1 aromatic heterocycles. The summed E-state index contributed by atoms with van der Waals surface area (Å²) in [6, 6.07) is 2.85. The highest BCUT2D eigenvalue weighted by Gasteiger charge is 2.25. The highest BCUT2D eigenvalue weighted by molar-refractivity contribution is 7.89. The number of likely N-dealkylation sites (N-methyl/N-ethyl adjacent to an activating group) is 1. The van der Waals surface area contributed by atoms with Crippen LogP contribution in [0.15, 0.2) is 23.2 Å². The molecule has 8 heteroatoms. The minimum atomic E-state index is -3.76. The average Bonchev–Trinajstić information content (AvgIpc) is 2.29. The van der Waals surface area contributed by atoms with E-state index in [2.05, 4.69) is 4.98 Å². The molecular formula is C10H15ClN2O4S. The van der Waals surface area contributed by atoms with E-state index in [4.69, 9.17) is 16.3 Å². The summed E-state index contributed by atoms with van der Waals surface area (Å²) < 4.78 is 30.0. The van der Waals surface area contributed by atoms with Crippen molar-refractivity contribution in [2.45, 2.75) is 11.0 Å². The van der Waals surface area contributed by atoms with Gasteiger partial charge in [0.1, 0.15) is 10.0 Å². The van der Waals surface area contributed by atoms with Crippen LogP contribution in [0.4, 0.5) is 0 Å². The van der Waals surface area contributed by atoms with Crippen LogP contribution in [-0.4, -0.2) is 56.2 Å². The zero-order valence-corrected chi connectivity index (χ0v) is 11.6. The number of rotatable bonds is 6. The van der Waals surface area contributed by atoms with Gasteiger partial charge in [-0.25, -0.2) is 13.4 Å². The molecule has 0 fully saturated rings. The molecule has 1 heterocycles. The Kier molecular flexibility index (Phi) is 5.48. The molecule has 0 aliphatic rings. The molecule has 6 nitrogen and oxygen atoms in total. The maximum absolute atomic E-state index is 12.1. The molecule has 0 spiro atoms. The molecule has 0 aliphatic heterocycles. The lowest BCUT2D eigenvalue weighted by atomic mass is 10.4. The first kappa shape index (κ1) is 15.3. The topological polar surface area (TPSA) is 79.7 Å². The number of hydrogen-bond acceptors (Lipinski definition) is 5. The maximum Gasteiger partial charge on any atom is 0.245 e. The highest BCUT2D eigenvalue weighted by Crippen LogP contribution is 2.21. The van der Waals surface area contributed by atoms with Gasteiger partial charge in [0, 0.05) is 26.9 Å². The third-order valence-corrected chi connectivity index (χ3v) is 4.51. The van der Waals surface area contributed by atoms with Crippen molar-refractivity contribution in [3.63, 3.8) is 0 Å². The summed E-state index contributed by atoms with van der Waals surface area (Å²) in [6.07, 6.45) is 0.506. The largest absolute Gasteiger partial charge is 0.389 e. The van der Waals surface area contributed by atoms with Crippen LogP contribution in [0.1, 0.15) is 0 Å². The monoisotopic (exact) mass is 294 g/mol. The summed E-state index contributed by atoms with van der Waals surface area (Å²) in [5.41, 5.74) is 0.